The predicted octanol–water partition coefficient (Wildman–Crippen LogP) is 1.07. The van der Waals surface area contributed by atoms with Crippen LogP contribution < -0.4 is 0 Å². The van der Waals surface area contributed by atoms with E-state index in [4.69, 9.17) is 4.74 Å². The van der Waals surface area contributed by atoms with Crippen LogP contribution in [0.3, 0.4) is 0 Å². The summed E-state index contributed by atoms with van der Waals surface area (Å²) in [5.74, 6) is 0.170. The lowest BCUT2D eigenvalue weighted by Crippen LogP contribution is -2.50. The summed E-state index contributed by atoms with van der Waals surface area (Å²) in [5, 5.41) is 1.90. The quantitative estimate of drug-likeness (QED) is 0.830. The molecule has 0 aromatic carbocycles. The van der Waals surface area contributed by atoms with Crippen molar-refractivity contribution in [3.8, 4) is 0 Å². The van der Waals surface area contributed by atoms with Gasteiger partial charge in [-0.2, -0.15) is 0 Å². The third-order valence-electron chi connectivity index (χ3n) is 3.17. The topological polar surface area (TPSA) is 49.9 Å². The maximum Gasteiger partial charge on any atom is 0.264 e. The largest absolute Gasteiger partial charge is 0.384 e. The monoisotopic (exact) mass is 282 g/mol. The van der Waals surface area contributed by atoms with Gasteiger partial charge in [-0.25, -0.2) is 0 Å². The highest BCUT2D eigenvalue weighted by molar-refractivity contribution is 7.12. The third kappa shape index (κ3) is 3.54. The summed E-state index contributed by atoms with van der Waals surface area (Å²) in [6.07, 6.45) is 0.412. The number of amides is 2. The Kier molecular flexibility index (Phi) is 4.93. The Balaban J connectivity index is 1.82. The molecule has 1 aromatic rings. The van der Waals surface area contributed by atoms with Gasteiger partial charge in [-0.1, -0.05) is 6.07 Å². The molecule has 0 saturated carbocycles. The molecule has 0 radical (unpaired) electrons. The van der Waals surface area contributed by atoms with Crippen molar-refractivity contribution in [2.75, 3.05) is 39.9 Å². The first kappa shape index (κ1) is 14.0. The first-order valence-electron chi connectivity index (χ1n) is 6.32. The number of hydrogen-bond acceptors (Lipinski definition) is 4. The number of methoxy groups -OCH3 is 1. The molecule has 2 amide bonds. The highest BCUT2D eigenvalue weighted by atomic mass is 32.1. The van der Waals surface area contributed by atoms with E-state index in [9.17, 15) is 9.59 Å². The zero-order valence-electron chi connectivity index (χ0n) is 11.0. The normalized spacial score (nSPS) is 15.6. The molecule has 0 aliphatic carbocycles. The van der Waals surface area contributed by atoms with Gasteiger partial charge in [0.15, 0.2) is 0 Å². The van der Waals surface area contributed by atoms with Crippen molar-refractivity contribution >= 4 is 23.2 Å². The number of carbonyl (C=O) groups is 2. The van der Waals surface area contributed by atoms with Crippen molar-refractivity contribution in [3.63, 3.8) is 0 Å². The molecule has 2 rings (SSSR count). The number of ether oxygens (including phenoxy) is 1. The molecule has 0 bridgehead atoms. The minimum absolute atomic E-state index is 0.0685. The highest BCUT2D eigenvalue weighted by Gasteiger charge is 2.24. The van der Waals surface area contributed by atoms with Gasteiger partial charge in [0, 0.05) is 33.3 Å². The van der Waals surface area contributed by atoms with Crippen LogP contribution in [-0.2, 0) is 9.53 Å². The molecule has 0 atom stereocenters. The Hall–Kier alpha value is -1.40. The van der Waals surface area contributed by atoms with Crippen LogP contribution in [-0.4, -0.2) is 61.5 Å². The van der Waals surface area contributed by atoms with E-state index < -0.39 is 0 Å². The van der Waals surface area contributed by atoms with Crippen LogP contribution >= 0.6 is 11.3 Å². The molecule has 2 heterocycles. The summed E-state index contributed by atoms with van der Waals surface area (Å²) in [7, 11) is 1.59. The van der Waals surface area contributed by atoms with Gasteiger partial charge in [-0.05, 0) is 11.4 Å². The van der Waals surface area contributed by atoms with Gasteiger partial charge >= 0.3 is 0 Å². The lowest BCUT2D eigenvalue weighted by atomic mass is 10.2. The van der Waals surface area contributed by atoms with Crippen LogP contribution in [0.1, 0.15) is 16.1 Å². The number of thiophene rings is 1. The van der Waals surface area contributed by atoms with Crippen LogP contribution in [0.15, 0.2) is 17.5 Å². The summed E-state index contributed by atoms with van der Waals surface area (Å²) in [4.78, 5) is 28.3. The number of nitrogens with zero attached hydrogens (tertiary/aromatic N) is 2. The zero-order valence-corrected chi connectivity index (χ0v) is 11.8. The molecular weight excluding hydrogens is 264 g/mol. The molecule has 1 aromatic heterocycles. The summed E-state index contributed by atoms with van der Waals surface area (Å²) in [6.45, 7) is 2.89. The Bertz CT molecular complexity index is 425. The second-order valence-electron chi connectivity index (χ2n) is 4.39. The van der Waals surface area contributed by atoms with Crippen molar-refractivity contribution in [3.05, 3.63) is 22.4 Å². The fraction of sp³-hybridized carbons (Fsp3) is 0.538. The Morgan fingerprint density at radius 3 is 2.53 bits per heavy atom. The van der Waals surface area contributed by atoms with Gasteiger partial charge < -0.3 is 14.5 Å². The van der Waals surface area contributed by atoms with Crippen molar-refractivity contribution in [2.45, 2.75) is 6.42 Å². The Labute approximate surface area is 116 Å². The number of rotatable bonds is 4. The minimum Gasteiger partial charge on any atom is -0.384 e. The SMILES string of the molecule is COCCC(=O)N1CCN(C(=O)c2cccs2)CC1. The molecule has 6 heteroatoms. The zero-order chi connectivity index (χ0) is 13.7. The lowest BCUT2D eigenvalue weighted by Gasteiger charge is -2.34. The van der Waals surface area contributed by atoms with Gasteiger partial charge in [-0.3, -0.25) is 9.59 Å². The van der Waals surface area contributed by atoms with Gasteiger partial charge in [0.1, 0.15) is 0 Å². The fourth-order valence-electron chi connectivity index (χ4n) is 2.06. The van der Waals surface area contributed by atoms with E-state index in [1.165, 1.54) is 11.3 Å². The summed E-state index contributed by atoms with van der Waals surface area (Å²) in [5.41, 5.74) is 0. The maximum absolute atomic E-state index is 12.1. The molecule has 1 aliphatic heterocycles. The van der Waals surface area contributed by atoms with Gasteiger partial charge in [-0.15, -0.1) is 11.3 Å². The van der Waals surface area contributed by atoms with Gasteiger partial charge in [0.05, 0.1) is 17.9 Å². The first-order chi connectivity index (χ1) is 9.22. The third-order valence-corrected chi connectivity index (χ3v) is 4.03. The average molecular weight is 282 g/mol. The van der Waals surface area contributed by atoms with E-state index in [1.807, 2.05) is 22.4 Å². The molecular formula is C13H18N2O3S. The van der Waals surface area contributed by atoms with E-state index in [1.54, 1.807) is 12.0 Å². The molecule has 1 saturated heterocycles. The van der Waals surface area contributed by atoms with Crippen molar-refractivity contribution < 1.29 is 14.3 Å². The number of hydrogen-bond donors (Lipinski definition) is 0. The Morgan fingerprint density at radius 1 is 1.26 bits per heavy atom. The summed E-state index contributed by atoms with van der Waals surface area (Å²) < 4.78 is 4.90. The Morgan fingerprint density at radius 2 is 1.95 bits per heavy atom. The molecule has 0 N–H and O–H groups in total. The van der Waals surface area contributed by atoms with Crippen molar-refractivity contribution in [1.29, 1.82) is 0 Å². The number of carbonyl (C=O) groups excluding carboxylic acids is 2. The van der Waals surface area contributed by atoms with Gasteiger partial charge in [0.25, 0.3) is 5.91 Å². The van der Waals surface area contributed by atoms with Gasteiger partial charge in [0.2, 0.25) is 5.91 Å². The number of piperazine rings is 1. The van der Waals surface area contributed by atoms with E-state index in [0.717, 1.165) is 4.88 Å². The van der Waals surface area contributed by atoms with Crippen LogP contribution in [0.25, 0.3) is 0 Å². The molecule has 1 aliphatic rings. The van der Waals surface area contributed by atoms with E-state index in [2.05, 4.69) is 0 Å². The van der Waals surface area contributed by atoms with E-state index in [0.29, 0.717) is 39.2 Å². The molecule has 5 nitrogen and oxygen atoms in total. The molecule has 104 valence electrons. The smallest absolute Gasteiger partial charge is 0.264 e. The maximum atomic E-state index is 12.1. The molecule has 19 heavy (non-hydrogen) atoms. The summed E-state index contributed by atoms with van der Waals surface area (Å²) in [6, 6.07) is 3.71. The van der Waals surface area contributed by atoms with Crippen molar-refractivity contribution in [1.82, 2.24) is 9.80 Å². The molecule has 0 unspecified atom stereocenters. The predicted molar refractivity (Wildman–Crippen MR) is 73.3 cm³/mol. The summed E-state index contributed by atoms with van der Waals surface area (Å²) >= 11 is 1.45. The van der Waals surface area contributed by atoms with E-state index >= 15 is 0 Å². The van der Waals surface area contributed by atoms with Crippen molar-refractivity contribution in [2.24, 2.45) is 0 Å². The minimum atomic E-state index is 0.0685. The average Bonchev–Trinajstić information content (AvgIpc) is 2.98. The second kappa shape index (κ2) is 6.68. The van der Waals surface area contributed by atoms with E-state index in [-0.39, 0.29) is 11.8 Å². The first-order valence-corrected chi connectivity index (χ1v) is 7.20. The second-order valence-corrected chi connectivity index (χ2v) is 5.34. The molecule has 1 fully saturated rings. The fourth-order valence-corrected chi connectivity index (χ4v) is 2.75. The van der Waals surface area contributed by atoms with Crippen LogP contribution in [0.2, 0.25) is 0 Å². The van der Waals surface area contributed by atoms with Crippen LogP contribution in [0, 0.1) is 0 Å². The lowest BCUT2D eigenvalue weighted by molar-refractivity contribution is -0.133. The standard InChI is InChI=1S/C13H18N2O3S/c1-18-9-4-12(16)14-5-7-15(8-6-14)13(17)11-3-2-10-19-11/h2-3,10H,4-9H2,1H3. The molecule has 0 spiro atoms. The highest BCUT2D eigenvalue weighted by Crippen LogP contribution is 2.14. The van der Waals surface area contributed by atoms with Crippen LogP contribution in [0.5, 0.6) is 0 Å². The van der Waals surface area contributed by atoms with Crippen LogP contribution in [0.4, 0.5) is 0 Å².